The second-order valence-electron chi connectivity index (χ2n) is 3.81. The normalized spacial score (nSPS) is 14.7. The lowest BCUT2D eigenvalue weighted by atomic mass is 10.1. The third-order valence-electron chi connectivity index (χ3n) is 2.60. The zero-order valence-corrected chi connectivity index (χ0v) is 8.81. The maximum absolute atomic E-state index is 11.8. The van der Waals surface area contributed by atoms with Gasteiger partial charge in [0.25, 0.3) is 5.91 Å². The van der Waals surface area contributed by atoms with Gasteiger partial charge in [0.15, 0.2) is 0 Å². The third-order valence-corrected chi connectivity index (χ3v) is 2.60. The molecule has 2 rings (SSSR count). The maximum atomic E-state index is 11.8. The molecule has 0 saturated carbocycles. The van der Waals surface area contributed by atoms with Crippen molar-refractivity contribution in [3.05, 3.63) is 47.5 Å². The summed E-state index contributed by atoms with van der Waals surface area (Å²) in [6, 6.07) is 8.97. The molecule has 80 valence electrons. The van der Waals surface area contributed by atoms with Crippen LogP contribution in [-0.4, -0.2) is 11.9 Å². The Balaban J connectivity index is 2.05. The van der Waals surface area contributed by atoms with Crippen molar-refractivity contribution in [1.82, 2.24) is 5.32 Å². The SMILES string of the molecule is N#Cc1cccc(C(=O)NC2CC=CC2)c1. The molecular weight excluding hydrogens is 200 g/mol. The van der Waals surface area contributed by atoms with E-state index in [2.05, 4.69) is 17.5 Å². The molecule has 3 heteroatoms. The highest BCUT2D eigenvalue weighted by molar-refractivity contribution is 5.94. The van der Waals surface area contributed by atoms with E-state index in [-0.39, 0.29) is 11.9 Å². The molecule has 0 saturated heterocycles. The zero-order valence-electron chi connectivity index (χ0n) is 8.81. The number of benzene rings is 1. The summed E-state index contributed by atoms with van der Waals surface area (Å²) in [5.74, 6) is -0.106. The van der Waals surface area contributed by atoms with Gasteiger partial charge in [0.2, 0.25) is 0 Å². The van der Waals surface area contributed by atoms with Crippen LogP contribution in [0.2, 0.25) is 0 Å². The van der Waals surface area contributed by atoms with Gasteiger partial charge in [-0.25, -0.2) is 0 Å². The van der Waals surface area contributed by atoms with Crippen LogP contribution in [0.15, 0.2) is 36.4 Å². The average Bonchev–Trinajstić information content (AvgIpc) is 2.82. The number of hydrogen-bond acceptors (Lipinski definition) is 2. The summed E-state index contributed by atoms with van der Waals surface area (Å²) < 4.78 is 0. The second-order valence-corrected chi connectivity index (χ2v) is 3.81. The molecule has 0 unspecified atom stereocenters. The van der Waals surface area contributed by atoms with Crippen molar-refractivity contribution in [3.63, 3.8) is 0 Å². The maximum Gasteiger partial charge on any atom is 0.251 e. The van der Waals surface area contributed by atoms with Gasteiger partial charge in [-0.05, 0) is 31.0 Å². The van der Waals surface area contributed by atoms with Crippen molar-refractivity contribution in [2.75, 3.05) is 0 Å². The summed E-state index contributed by atoms with van der Waals surface area (Å²) in [5, 5.41) is 11.7. The minimum Gasteiger partial charge on any atom is -0.349 e. The van der Waals surface area contributed by atoms with Gasteiger partial charge in [-0.15, -0.1) is 0 Å². The molecule has 1 aliphatic rings. The molecule has 1 amide bonds. The van der Waals surface area contributed by atoms with E-state index in [4.69, 9.17) is 5.26 Å². The number of rotatable bonds is 2. The van der Waals surface area contributed by atoms with E-state index >= 15 is 0 Å². The molecule has 16 heavy (non-hydrogen) atoms. The number of carbonyl (C=O) groups is 1. The quantitative estimate of drug-likeness (QED) is 0.762. The van der Waals surface area contributed by atoms with E-state index < -0.39 is 0 Å². The molecule has 0 radical (unpaired) electrons. The highest BCUT2D eigenvalue weighted by Crippen LogP contribution is 2.11. The Morgan fingerprint density at radius 2 is 2.12 bits per heavy atom. The number of nitriles is 1. The van der Waals surface area contributed by atoms with Crippen LogP contribution in [0.5, 0.6) is 0 Å². The second kappa shape index (κ2) is 4.63. The first kappa shape index (κ1) is 10.4. The summed E-state index contributed by atoms with van der Waals surface area (Å²) in [4.78, 5) is 11.8. The molecule has 0 fully saturated rings. The van der Waals surface area contributed by atoms with E-state index in [1.54, 1.807) is 24.3 Å². The number of nitrogens with one attached hydrogen (secondary N) is 1. The Morgan fingerprint density at radius 1 is 1.38 bits per heavy atom. The molecule has 1 N–H and O–H groups in total. The monoisotopic (exact) mass is 212 g/mol. The van der Waals surface area contributed by atoms with Gasteiger partial charge in [0.05, 0.1) is 11.6 Å². The van der Waals surface area contributed by atoms with Crippen molar-refractivity contribution in [3.8, 4) is 6.07 Å². The lowest BCUT2D eigenvalue weighted by Crippen LogP contribution is -2.32. The summed E-state index contributed by atoms with van der Waals surface area (Å²) in [5.41, 5.74) is 1.06. The number of amides is 1. The zero-order chi connectivity index (χ0) is 11.4. The first-order chi connectivity index (χ1) is 7.79. The van der Waals surface area contributed by atoms with Crippen LogP contribution < -0.4 is 5.32 Å². The fourth-order valence-corrected chi connectivity index (χ4v) is 1.73. The van der Waals surface area contributed by atoms with E-state index in [1.165, 1.54) is 0 Å². The summed E-state index contributed by atoms with van der Waals surface area (Å²) in [6.45, 7) is 0. The molecule has 0 atom stereocenters. The molecule has 3 nitrogen and oxygen atoms in total. The van der Waals surface area contributed by atoms with Crippen LogP contribution in [-0.2, 0) is 0 Å². The predicted molar refractivity (Wildman–Crippen MR) is 60.8 cm³/mol. The van der Waals surface area contributed by atoms with Crippen molar-refractivity contribution >= 4 is 5.91 Å². The molecule has 1 aromatic carbocycles. The van der Waals surface area contributed by atoms with Crippen molar-refractivity contribution in [1.29, 1.82) is 5.26 Å². The Hall–Kier alpha value is -2.08. The van der Waals surface area contributed by atoms with E-state index in [1.807, 2.05) is 6.07 Å². The van der Waals surface area contributed by atoms with Gasteiger partial charge < -0.3 is 5.32 Å². The minimum absolute atomic E-state index is 0.106. The predicted octanol–water partition coefficient (Wildman–Crippen LogP) is 2.01. The van der Waals surface area contributed by atoms with E-state index in [0.717, 1.165) is 12.8 Å². The molecule has 1 aromatic rings. The van der Waals surface area contributed by atoms with Crippen molar-refractivity contribution < 1.29 is 4.79 Å². The van der Waals surface area contributed by atoms with Gasteiger partial charge in [-0.3, -0.25) is 4.79 Å². The topological polar surface area (TPSA) is 52.9 Å². The Morgan fingerprint density at radius 3 is 2.81 bits per heavy atom. The highest BCUT2D eigenvalue weighted by atomic mass is 16.1. The third kappa shape index (κ3) is 2.29. The Bertz CT molecular complexity index is 463. The van der Waals surface area contributed by atoms with Crippen LogP contribution in [0.4, 0.5) is 0 Å². The smallest absolute Gasteiger partial charge is 0.251 e. The molecule has 0 aromatic heterocycles. The van der Waals surface area contributed by atoms with Crippen LogP contribution in [0.25, 0.3) is 0 Å². The molecule has 1 aliphatic carbocycles. The van der Waals surface area contributed by atoms with E-state index in [0.29, 0.717) is 11.1 Å². The van der Waals surface area contributed by atoms with Crippen LogP contribution in [0, 0.1) is 11.3 Å². The molecule has 0 bridgehead atoms. The van der Waals surface area contributed by atoms with Crippen LogP contribution in [0.1, 0.15) is 28.8 Å². The summed E-state index contributed by atoms with van der Waals surface area (Å²) in [7, 11) is 0. The van der Waals surface area contributed by atoms with Crippen molar-refractivity contribution in [2.45, 2.75) is 18.9 Å². The van der Waals surface area contributed by atoms with Gasteiger partial charge in [-0.1, -0.05) is 18.2 Å². The van der Waals surface area contributed by atoms with Crippen LogP contribution in [0.3, 0.4) is 0 Å². The first-order valence-corrected chi connectivity index (χ1v) is 5.25. The number of hydrogen-bond donors (Lipinski definition) is 1. The average molecular weight is 212 g/mol. The van der Waals surface area contributed by atoms with Gasteiger partial charge in [0.1, 0.15) is 0 Å². The first-order valence-electron chi connectivity index (χ1n) is 5.25. The lowest BCUT2D eigenvalue weighted by Gasteiger charge is -2.11. The Kier molecular flexibility index (Phi) is 3.02. The molecule has 0 heterocycles. The minimum atomic E-state index is -0.106. The van der Waals surface area contributed by atoms with Gasteiger partial charge in [0, 0.05) is 11.6 Å². The summed E-state index contributed by atoms with van der Waals surface area (Å²) in [6.07, 6.45) is 5.92. The lowest BCUT2D eigenvalue weighted by molar-refractivity contribution is 0.0939. The molecule has 0 aliphatic heterocycles. The van der Waals surface area contributed by atoms with Crippen molar-refractivity contribution in [2.24, 2.45) is 0 Å². The molecule has 0 spiro atoms. The fourth-order valence-electron chi connectivity index (χ4n) is 1.73. The molecular formula is C13H12N2O. The highest BCUT2D eigenvalue weighted by Gasteiger charge is 2.14. The number of carbonyl (C=O) groups excluding carboxylic acids is 1. The van der Waals surface area contributed by atoms with E-state index in [9.17, 15) is 4.79 Å². The largest absolute Gasteiger partial charge is 0.349 e. The van der Waals surface area contributed by atoms with Crippen LogP contribution >= 0.6 is 0 Å². The standard InChI is InChI=1S/C13H12N2O/c14-9-10-4-3-5-11(8-10)13(16)15-12-6-1-2-7-12/h1-5,8,12H,6-7H2,(H,15,16). The fraction of sp³-hybridized carbons (Fsp3) is 0.231. The van der Waals surface area contributed by atoms with Gasteiger partial charge in [-0.2, -0.15) is 5.26 Å². The summed E-state index contributed by atoms with van der Waals surface area (Å²) >= 11 is 0. The Labute approximate surface area is 94.4 Å². The number of nitrogens with zero attached hydrogens (tertiary/aromatic N) is 1. The van der Waals surface area contributed by atoms with Gasteiger partial charge >= 0.3 is 0 Å².